The zero-order valence-corrected chi connectivity index (χ0v) is 12.4. The molecule has 19 heavy (non-hydrogen) atoms. The summed E-state index contributed by atoms with van der Waals surface area (Å²) in [7, 11) is 0. The van der Waals surface area contributed by atoms with Crippen molar-refractivity contribution >= 4 is 0 Å². The predicted octanol–water partition coefficient (Wildman–Crippen LogP) is 6.30. The smallest absolute Gasteiger partial charge is 0.00898 e. The van der Waals surface area contributed by atoms with Crippen LogP contribution in [0.15, 0.2) is 67.0 Å². The van der Waals surface area contributed by atoms with Gasteiger partial charge >= 0.3 is 0 Å². The first-order chi connectivity index (χ1) is 9.41. The molecular formula is C19H28. The fourth-order valence-corrected chi connectivity index (χ4v) is 1.60. The molecule has 0 amide bonds. The minimum absolute atomic E-state index is 0.913. The molecule has 0 heteroatoms. The summed E-state index contributed by atoms with van der Waals surface area (Å²) in [6.07, 6.45) is 27.1. The predicted molar refractivity (Wildman–Crippen MR) is 88.3 cm³/mol. The molecule has 0 saturated carbocycles. The van der Waals surface area contributed by atoms with Gasteiger partial charge in [-0.25, -0.2) is 0 Å². The topological polar surface area (TPSA) is 0 Å². The van der Waals surface area contributed by atoms with Crippen molar-refractivity contribution in [3.05, 3.63) is 67.0 Å². The maximum absolute atomic E-state index is 3.59. The summed E-state index contributed by atoms with van der Waals surface area (Å²) in [6, 6.07) is 0. The fourth-order valence-electron chi connectivity index (χ4n) is 1.60. The van der Waals surface area contributed by atoms with Crippen LogP contribution in [0, 0.1) is 0 Å². The molecule has 0 saturated heterocycles. The molecular weight excluding hydrogens is 228 g/mol. The number of hydrogen-bond acceptors (Lipinski definition) is 0. The van der Waals surface area contributed by atoms with E-state index >= 15 is 0 Å². The molecule has 0 bridgehead atoms. The summed E-state index contributed by atoms with van der Waals surface area (Å²) in [5.41, 5.74) is 3.02. The van der Waals surface area contributed by atoms with Gasteiger partial charge in [-0.1, -0.05) is 81.7 Å². The van der Waals surface area contributed by atoms with Crippen molar-refractivity contribution in [1.82, 2.24) is 0 Å². The molecule has 0 nitrogen and oxygen atoms in total. The highest BCUT2D eigenvalue weighted by Gasteiger charge is 1.85. The summed E-state index contributed by atoms with van der Waals surface area (Å²) in [4.78, 5) is 0. The molecule has 104 valence electrons. The van der Waals surface area contributed by atoms with E-state index < -0.39 is 0 Å². The highest BCUT2D eigenvalue weighted by Crippen LogP contribution is 2.05. The Morgan fingerprint density at radius 1 is 0.895 bits per heavy atom. The van der Waals surface area contributed by atoms with Gasteiger partial charge in [-0.15, -0.1) is 5.73 Å². The van der Waals surface area contributed by atoms with Crippen LogP contribution >= 0.6 is 0 Å². The van der Waals surface area contributed by atoms with E-state index in [4.69, 9.17) is 0 Å². The lowest BCUT2D eigenvalue weighted by atomic mass is 10.1. The maximum atomic E-state index is 3.59. The van der Waals surface area contributed by atoms with Gasteiger partial charge in [-0.05, 0) is 31.4 Å². The Balaban J connectivity index is 3.48. The lowest BCUT2D eigenvalue weighted by molar-refractivity contribution is 0.637. The van der Waals surface area contributed by atoms with Gasteiger partial charge in [0.05, 0.1) is 0 Å². The summed E-state index contributed by atoms with van der Waals surface area (Å²) in [6.45, 7) is 5.84. The van der Waals surface area contributed by atoms with Gasteiger partial charge < -0.3 is 0 Å². The van der Waals surface area contributed by atoms with Crippen molar-refractivity contribution in [2.45, 2.75) is 51.9 Å². The second kappa shape index (κ2) is 16.5. The molecule has 0 aliphatic rings. The van der Waals surface area contributed by atoms with E-state index in [1.165, 1.54) is 38.5 Å². The number of rotatable bonds is 11. The molecule has 0 aromatic carbocycles. The van der Waals surface area contributed by atoms with Gasteiger partial charge in [0.1, 0.15) is 0 Å². The van der Waals surface area contributed by atoms with Gasteiger partial charge in [0.25, 0.3) is 0 Å². The van der Waals surface area contributed by atoms with Crippen molar-refractivity contribution in [3.63, 3.8) is 0 Å². The molecule has 0 aliphatic heterocycles. The lowest BCUT2D eigenvalue weighted by Crippen LogP contribution is -1.75. The van der Waals surface area contributed by atoms with Crippen molar-refractivity contribution in [2.24, 2.45) is 0 Å². The fraction of sp³-hybridized carbons (Fsp3) is 0.421. The molecule has 0 aliphatic carbocycles. The van der Waals surface area contributed by atoms with Crippen LogP contribution in [0.1, 0.15) is 51.9 Å². The van der Waals surface area contributed by atoms with E-state index in [-0.39, 0.29) is 0 Å². The van der Waals surface area contributed by atoms with Gasteiger partial charge in [-0.3, -0.25) is 0 Å². The highest BCUT2D eigenvalue weighted by molar-refractivity contribution is 5.12. The highest BCUT2D eigenvalue weighted by atomic mass is 13.9. The minimum atomic E-state index is 0.913. The first-order valence-corrected chi connectivity index (χ1v) is 7.42. The molecule has 0 spiro atoms. The molecule has 0 unspecified atom stereocenters. The van der Waals surface area contributed by atoms with Gasteiger partial charge in [-0.2, -0.15) is 0 Å². The van der Waals surface area contributed by atoms with Gasteiger partial charge in [0.2, 0.25) is 0 Å². The van der Waals surface area contributed by atoms with Crippen LogP contribution < -0.4 is 0 Å². The molecule has 0 aromatic heterocycles. The molecule has 0 rings (SSSR count). The molecule has 0 atom stereocenters. The second-order valence-electron chi connectivity index (χ2n) is 4.45. The van der Waals surface area contributed by atoms with E-state index in [1.807, 2.05) is 12.2 Å². The molecule has 0 radical (unpaired) electrons. The van der Waals surface area contributed by atoms with Crippen molar-refractivity contribution in [1.29, 1.82) is 0 Å². The van der Waals surface area contributed by atoms with Crippen molar-refractivity contribution in [2.75, 3.05) is 0 Å². The number of unbranched alkanes of at least 4 members (excludes halogenated alkanes) is 5. The van der Waals surface area contributed by atoms with E-state index in [0.29, 0.717) is 0 Å². The number of allylic oxidation sites excluding steroid dienone is 8. The maximum Gasteiger partial charge on any atom is -0.00898 e. The van der Waals surface area contributed by atoms with Crippen LogP contribution in [0.5, 0.6) is 0 Å². The summed E-state index contributed by atoms with van der Waals surface area (Å²) >= 11 is 0. The minimum Gasteiger partial charge on any atom is -0.125 e. The first-order valence-electron chi connectivity index (χ1n) is 7.42. The summed E-state index contributed by atoms with van der Waals surface area (Å²) in [5, 5.41) is 0. The zero-order chi connectivity index (χ0) is 14.0. The lowest BCUT2D eigenvalue weighted by Gasteiger charge is -1.95. The average molecular weight is 256 g/mol. The average Bonchev–Trinajstić information content (AvgIpc) is 2.43. The Labute approximate surface area is 119 Å². The monoisotopic (exact) mass is 256 g/mol. The van der Waals surface area contributed by atoms with Crippen LogP contribution in [-0.4, -0.2) is 0 Å². The Bertz CT molecular complexity index is 333. The summed E-state index contributed by atoms with van der Waals surface area (Å²) < 4.78 is 0. The molecule has 0 fully saturated rings. The van der Waals surface area contributed by atoms with Crippen LogP contribution in [0.25, 0.3) is 0 Å². The van der Waals surface area contributed by atoms with E-state index in [0.717, 1.165) is 6.42 Å². The second-order valence-corrected chi connectivity index (χ2v) is 4.45. The van der Waals surface area contributed by atoms with E-state index in [9.17, 15) is 0 Å². The van der Waals surface area contributed by atoms with Crippen molar-refractivity contribution in [3.8, 4) is 0 Å². The standard InChI is InChI=1S/C19H28/c1-3-5-7-9-11-13-15-17-19-18-16-14-12-10-8-6-4-2/h3,5,9,13,15-19H,1,4,6,8,10-12,14H2,2H3/b15-13+,18-16+,19-17+. The van der Waals surface area contributed by atoms with Crippen LogP contribution in [0.3, 0.4) is 0 Å². The third kappa shape index (κ3) is 16.5. The van der Waals surface area contributed by atoms with Crippen LogP contribution in [0.4, 0.5) is 0 Å². The van der Waals surface area contributed by atoms with Crippen LogP contribution in [-0.2, 0) is 0 Å². The Morgan fingerprint density at radius 3 is 2.37 bits per heavy atom. The van der Waals surface area contributed by atoms with Crippen LogP contribution in [0.2, 0.25) is 0 Å². The SMILES string of the molecule is C=CC=C=CC/C=C/C=C/C=C/CCCCCCC. The van der Waals surface area contributed by atoms with Crippen molar-refractivity contribution < 1.29 is 0 Å². The quantitative estimate of drug-likeness (QED) is 0.231. The molecule has 0 N–H and O–H groups in total. The summed E-state index contributed by atoms with van der Waals surface area (Å²) in [5.74, 6) is 0. The van der Waals surface area contributed by atoms with E-state index in [1.54, 1.807) is 6.08 Å². The first kappa shape index (κ1) is 17.5. The van der Waals surface area contributed by atoms with Gasteiger partial charge in [0.15, 0.2) is 0 Å². The zero-order valence-electron chi connectivity index (χ0n) is 12.4. The Kier molecular flexibility index (Phi) is 15.2. The normalized spacial score (nSPS) is 11.2. The molecule has 0 heterocycles. The third-order valence-corrected chi connectivity index (χ3v) is 2.67. The third-order valence-electron chi connectivity index (χ3n) is 2.67. The van der Waals surface area contributed by atoms with E-state index in [2.05, 4.69) is 55.7 Å². The number of hydrogen-bond donors (Lipinski definition) is 0. The molecule has 0 aromatic rings. The Hall–Kier alpha value is -1.52. The van der Waals surface area contributed by atoms with Gasteiger partial charge in [0, 0.05) is 0 Å². The Morgan fingerprint density at radius 2 is 1.63 bits per heavy atom. The largest absolute Gasteiger partial charge is 0.125 e.